The molecule has 0 aromatic heterocycles. The average molecular weight is 376 g/mol. The molecule has 116 valence electrons. The summed E-state index contributed by atoms with van der Waals surface area (Å²) in [6.45, 7) is 2.06. The second-order valence-corrected chi connectivity index (χ2v) is 6.34. The van der Waals surface area contributed by atoms with E-state index in [0.29, 0.717) is 12.1 Å². The average Bonchev–Trinajstić information content (AvgIpc) is 2.71. The minimum absolute atomic E-state index is 0. The summed E-state index contributed by atoms with van der Waals surface area (Å²) in [7, 11) is 0. The van der Waals surface area contributed by atoms with Gasteiger partial charge in [-0.1, -0.05) is 15.9 Å². The molecule has 2 aliphatic heterocycles. The van der Waals surface area contributed by atoms with Crippen LogP contribution in [0.2, 0.25) is 0 Å². The number of ether oxygens (including phenoxy) is 1. The van der Waals surface area contributed by atoms with E-state index in [2.05, 4.69) is 26.1 Å². The molecule has 2 unspecified atom stereocenters. The molecule has 4 nitrogen and oxygen atoms in total. The molecule has 2 aliphatic rings. The molecule has 0 aliphatic carbocycles. The van der Waals surface area contributed by atoms with Crippen molar-refractivity contribution in [3.63, 3.8) is 0 Å². The molecule has 6 heteroatoms. The zero-order valence-corrected chi connectivity index (χ0v) is 14.2. The van der Waals surface area contributed by atoms with Crippen LogP contribution in [0.1, 0.15) is 19.3 Å². The maximum Gasteiger partial charge on any atom is 0.261 e. The molecule has 2 atom stereocenters. The standard InChI is InChI=1S/C15H19BrN2O2.ClH/c16-11-1-5-14(6-2-11)20-10-15(19)18-12-3-4-13(18)9-17-8-7-12;/h1-2,5-6,12-13,17H,3-4,7-10H2;1H. The van der Waals surface area contributed by atoms with Gasteiger partial charge in [0.1, 0.15) is 5.75 Å². The molecule has 1 amide bonds. The summed E-state index contributed by atoms with van der Waals surface area (Å²) in [5.74, 6) is 0.853. The lowest BCUT2D eigenvalue weighted by Gasteiger charge is -2.27. The quantitative estimate of drug-likeness (QED) is 0.883. The molecule has 3 rings (SSSR count). The summed E-state index contributed by atoms with van der Waals surface area (Å²) in [4.78, 5) is 14.5. The third kappa shape index (κ3) is 3.90. The lowest BCUT2D eigenvalue weighted by Crippen LogP contribution is -2.44. The van der Waals surface area contributed by atoms with E-state index in [4.69, 9.17) is 4.74 Å². The molecule has 2 fully saturated rings. The number of nitrogens with zero attached hydrogens (tertiary/aromatic N) is 1. The molecule has 2 bridgehead atoms. The van der Waals surface area contributed by atoms with Crippen molar-refractivity contribution in [2.45, 2.75) is 31.3 Å². The Kier molecular flexibility index (Phi) is 5.90. The number of halogens is 2. The van der Waals surface area contributed by atoms with Crippen molar-refractivity contribution in [2.24, 2.45) is 0 Å². The Labute approximate surface area is 139 Å². The topological polar surface area (TPSA) is 41.6 Å². The van der Waals surface area contributed by atoms with Gasteiger partial charge in [0, 0.05) is 23.1 Å². The van der Waals surface area contributed by atoms with Gasteiger partial charge in [0.15, 0.2) is 6.61 Å². The number of carbonyl (C=O) groups is 1. The molecule has 1 N–H and O–H groups in total. The first-order chi connectivity index (χ1) is 9.74. The fourth-order valence-corrected chi connectivity index (χ4v) is 3.40. The van der Waals surface area contributed by atoms with Crippen LogP contribution in [0.3, 0.4) is 0 Å². The number of rotatable bonds is 3. The van der Waals surface area contributed by atoms with Crippen molar-refractivity contribution in [2.75, 3.05) is 19.7 Å². The number of hydrogen-bond acceptors (Lipinski definition) is 3. The summed E-state index contributed by atoms with van der Waals surface area (Å²) in [6, 6.07) is 8.32. The van der Waals surface area contributed by atoms with E-state index in [0.717, 1.165) is 42.6 Å². The van der Waals surface area contributed by atoms with Crippen LogP contribution in [0.25, 0.3) is 0 Å². The zero-order valence-electron chi connectivity index (χ0n) is 11.8. The van der Waals surface area contributed by atoms with E-state index in [9.17, 15) is 4.79 Å². The number of amides is 1. The molecule has 1 aromatic carbocycles. The highest BCUT2D eigenvalue weighted by Gasteiger charge is 2.37. The Morgan fingerprint density at radius 2 is 1.95 bits per heavy atom. The van der Waals surface area contributed by atoms with Crippen LogP contribution >= 0.6 is 28.3 Å². The maximum atomic E-state index is 12.4. The smallest absolute Gasteiger partial charge is 0.261 e. The van der Waals surface area contributed by atoms with E-state index in [1.54, 1.807) is 0 Å². The summed E-state index contributed by atoms with van der Waals surface area (Å²) in [5.41, 5.74) is 0. The number of benzene rings is 1. The minimum Gasteiger partial charge on any atom is -0.484 e. The van der Waals surface area contributed by atoms with E-state index >= 15 is 0 Å². The van der Waals surface area contributed by atoms with Gasteiger partial charge in [-0.3, -0.25) is 4.79 Å². The molecule has 0 spiro atoms. The van der Waals surface area contributed by atoms with Gasteiger partial charge in [-0.05, 0) is 50.1 Å². The van der Waals surface area contributed by atoms with Gasteiger partial charge < -0.3 is 15.0 Å². The van der Waals surface area contributed by atoms with E-state index in [1.807, 2.05) is 24.3 Å². The summed E-state index contributed by atoms with van der Waals surface area (Å²) in [5, 5.41) is 3.40. The Morgan fingerprint density at radius 3 is 2.71 bits per heavy atom. The van der Waals surface area contributed by atoms with Crippen LogP contribution in [0.4, 0.5) is 0 Å². The van der Waals surface area contributed by atoms with Gasteiger partial charge in [-0.15, -0.1) is 12.4 Å². The van der Waals surface area contributed by atoms with Crippen molar-refractivity contribution in [3.05, 3.63) is 28.7 Å². The van der Waals surface area contributed by atoms with Crippen molar-refractivity contribution >= 4 is 34.2 Å². The maximum absolute atomic E-state index is 12.4. The lowest BCUT2D eigenvalue weighted by molar-refractivity contribution is -0.136. The molecule has 2 heterocycles. The van der Waals surface area contributed by atoms with Crippen molar-refractivity contribution < 1.29 is 9.53 Å². The highest BCUT2D eigenvalue weighted by molar-refractivity contribution is 9.10. The highest BCUT2D eigenvalue weighted by atomic mass is 79.9. The minimum atomic E-state index is 0. The van der Waals surface area contributed by atoms with E-state index in [1.165, 1.54) is 0 Å². The van der Waals surface area contributed by atoms with Crippen LogP contribution in [0.15, 0.2) is 28.7 Å². The zero-order chi connectivity index (χ0) is 13.9. The summed E-state index contributed by atoms with van der Waals surface area (Å²) in [6.07, 6.45) is 3.30. The lowest BCUT2D eigenvalue weighted by atomic mass is 10.1. The number of hydrogen-bond donors (Lipinski definition) is 1. The first kappa shape index (κ1) is 16.6. The molecular weight excluding hydrogens is 356 g/mol. The van der Waals surface area contributed by atoms with Gasteiger partial charge >= 0.3 is 0 Å². The Hall–Kier alpha value is -0.780. The third-order valence-electron chi connectivity index (χ3n) is 4.12. The second kappa shape index (κ2) is 7.47. The summed E-state index contributed by atoms with van der Waals surface area (Å²) < 4.78 is 6.62. The van der Waals surface area contributed by atoms with Crippen LogP contribution in [0, 0.1) is 0 Å². The predicted octanol–water partition coefficient (Wildman–Crippen LogP) is 2.60. The molecule has 0 radical (unpaired) electrons. The number of fused-ring (bicyclic) bond motifs is 2. The van der Waals surface area contributed by atoms with Gasteiger partial charge in [-0.25, -0.2) is 0 Å². The van der Waals surface area contributed by atoms with Crippen LogP contribution in [-0.4, -0.2) is 42.6 Å². The Morgan fingerprint density at radius 1 is 1.24 bits per heavy atom. The molecule has 2 saturated heterocycles. The number of carbonyl (C=O) groups excluding carboxylic acids is 1. The first-order valence-electron chi connectivity index (χ1n) is 7.14. The Bertz CT molecular complexity index is 469. The molecule has 0 saturated carbocycles. The highest BCUT2D eigenvalue weighted by Crippen LogP contribution is 2.28. The third-order valence-corrected chi connectivity index (χ3v) is 4.65. The van der Waals surface area contributed by atoms with Crippen LogP contribution in [-0.2, 0) is 4.79 Å². The van der Waals surface area contributed by atoms with Crippen LogP contribution in [0.5, 0.6) is 5.75 Å². The van der Waals surface area contributed by atoms with Crippen molar-refractivity contribution in [1.29, 1.82) is 0 Å². The van der Waals surface area contributed by atoms with Crippen molar-refractivity contribution in [1.82, 2.24) is 10.2 Å². The van der Waals surface area contributed by atoms with Gasteiger partial charge in [0.05, 0.1) is 0 Å². The van der Waals surface area contributed by atoms with E-state index < -0.39 is 0 Å². The largest absolute Gasteiger partial charge is 0.484 e. The fourth-order valence-electron chi connectivity index (χ4n) is 3.14. The first-order valence-corrected chi connectivity index (χ1v) is 7.93. The van der Waals surface area contributed by atoms with Gasteiger partial charge in [0.2, 0.25) is 0 Å². The van der Waals surface area contributed by atoms with Gasteiger partial charge in [0.25, 0.3) is 5.91 Å². The summed E-state index contributed by atoms with van der Waals surface area (Å²) >= 11 is 3.38. The molecule has 1 aromatic rings. The fraction of sp³-hybridized carbons (Fsp3) is 0.533. The SMILES string of the molecule is Cl.O=C(COc1ccc(Br)cc1)N1C2CCNCC1CC2. The van der Waals surface area contributed by atoms with Crippen molar-refractivity contribution in [3.8, 4) is 5.75 Å². The van der Waals surface area contributed by atoms with E-state index in [-0.39, 0.29) is 24.9 Å². The predicted molar refractivity (Wildman–Crippen MR) is 88.0 cm³/mol. The molecular formula is C15H20BrClN2O2. The Balaban J connectivity index is 0.00000161. The monoisotopic (exact) mass is 374 g/mol. The number of nitrogens with one attached hydrogen (secondary N) is 1. The van der Waals surface area contributed by atoms with Gasteiger partial charge in [-0.2, -0.15) is 0 Å². The second-order valence-electron chi connectivity index (χ2n) is 5.42. The van der Waals surface area contributed by atoms with Crippen LogP contribution < -0.4 is 10.1 Å². The molecule has 21 heavy (non-hydrogen) atoms. The normalized spacial score (nSPS) is 24.1.